The van der Waals surface area contributed by atoms with Gasteiger partial charge in [0.15, 0.2) is 0 Å². The minimum atomic E-state index is 0.828. The monoisotopic (exact) mass is 254 g/mol. The molecule has 2 rings (SSSR count). The maximum absolute atomic E-state index is 5.72. The Hall–Kier alpha value is -0.450. The highest BCUT2D eigenvalue weighted by atomic mass is 32.1. The summed E-state index contributed by atoms with van der Waals surface area (Å²) in [6.07, 6.45) is 4.91. The summed E-state index contributed by atoms with van der Waals surface area (Å²) in [7, 11) is 0. The summed E-state index contributed by atoms with van der Waals surface area (Å²) < 4.78 is 5.72. The summed E-state index contributed by atoms with van der Waals surface area (Å²) in [4.78, 5) is 5.61. The van der Waals surface area contributed by atoms with Gasteiger partial charge in [-0.1, -0.05) is 0 Å². The van der Waals surface area contributed by atoms with Crippen molar-refractivity contribution < 1.29 is 4.74 Å². The average molecular weight is 254 g/mol. The first-order valence-electron chi connectivity index (χ1n) is 6.53. The van der Waals surface area contributed by atoms with Crippen molar-refractivity contribution in [1.29, 1.82) is 0 Å². The van der Waals surface area contributed by atoms with Crippen LogP contribution in [-0.4, -0.2) is 31.3 Å². The van der Waals surface area contributed by atoms with E-state index in [-0.39, 0.29) is 0 Å². The number of ether oxygens (including phenoxy) is 1. The molecule has 1 aliphatic rings. The van der Waals surface area contributed by atoms with Crippen LogP contribution in [0.4, 0.5) is 0 Å². The molecule has 0 bridgehead atoms. The fourth-order valence-electron chi connectivity index (χ4n) is 2.25. The van der Waals surface area contributed by atoms with Crippen molar-refractivity contribution in [3.63, 3.8) is 0 Å². The summed E-state index contributed by atoms with van der Waals surface area (Å²) in [5, 5.41) is 3.44. The zero-order chi connectivity index (χ0) is 11.9. The quantitative estimate of drug-likeness (QED) is 0.792. The van der Waals surface area contributed by atoms with E-state index in [2.05, 4.69) is 17.2 Å². The zero-order valence-corrected chi connectivity index (χ0v) is 11.4. The smallest absolute Gasteiger partial charge is 0.0797 e. The molecule has 17 heavy (non-hydrogen) atoms. The minimum absolute atomic E-state index is 0.828. The first-order chi connectivity index (χ1) is 8.36. The predicted molar refractivity (Wildman–Crippen MR) is 71.6 cm³/mol. The lowest BCUT2D eigenvalue weighted by Gasteiger charge is -2.22. The van der Waals surface area contributed by atoms with Gasteiger partial charge in [0, 0.05) is 17.9 Å². The van der Waals surface area contributed by atoms with E-state index in [4.69, 9.17) is 4.74 Å². The summed E-state index contributed by atoms with van der Waals surface area (Å²) in [5.74, 6) is 0.828. The van der Waals surface area contributed by atoms with Gasteiger partial charge in [-0.05, 0) is 45.2 Å². The van der Waals surface area contributed by atoms with Crippen LogP contribution in [0.2, 0.25) is 0 Å². The van der Waals surface area contributed by atoms with Gasteiger partial charge in [0.05, 0.1) is 17.8 Å². The molecule has 96 valence electrons. The van der Waals surface area contributed by atoms with Crippen LogP contribution in [0.15, 0.2) is 5.51 Å². The SMILES string of the molecule is Cc1ncsc1CCOCCC1CCCNC1. The largest absolute Gasteiger partial charge is 0.381 e. The highest BCUT2D eigenvalue weighted by Gasteiger charge is 2.12. The van der Waals surface area contributed by atoms with Crippen molar-refractivity contribution in [2.24, 2.45) is 5.92 Å². The lowest BCUT2D eigenvalue weighted by atomic mass is 9.97. The molecule has 0 aliphatic carbocycles. The Kier molecular flexibility index (Phi) is 5.42. The Bertz CT molecular complexity index is 321. The molecule has 1 atom stereocenters. The summed E-state index contributed by atoms with van der Waals surface area (Å²) in [5.41, 5.74) is 3.08. The second-order valence-electron chi connectivity index (χ2n) is 4.72. The van der Waals surface area contributed by atoms with E-state index < -0.39 is 0 Å². The Labute approximate surface area is 108 Å². The second kappa shape index (κ2) is 7.09. The van der Waals surface area contributed by atoms with E-state index >= 15 is 0 Å². The first kappa shape index (κ1) is 13.0. The van der Waals surface area contributed by atoms with Gasteiger partial charge < -0.3 is 10.1 Å². The third kappa shape index (κ3) is 4.37. The van der Waals surface area contributed by atoms with Gasteiger partial charge in [-0.2, -0.15) is 0 Å². The molecule has 1 fully saturated rings. The summed E-state index contributed by atoms with van der Waals surface area (Å²) in [6, 6.07) is 0. The van der Waals surface area contributed by atoms with Crippen LogP contribution in [0.25, 0.3) is 0 Å². The Morgan fingerprint density at radius 1 is 1.53 bits per heavy atom. The number of hydrogen-bond acceptors (Lipinski definition) is 4. The molecule has 1 aromatic heterocycles. The van der Waals surface area contributed by atoms with Crippen molar-refractivity contribution in [1.82, 2.24) is 10.3 Å². The fourth-order valence-corrected chi connectivity index (χ4v) is 3.02. The number of rotatable bonds is 6. The maximum atomic E-state index is 5.72. The third-order valence-corrected chi connectivity index (χ3v) is 4.38. The van der Waals surface area contributed by atoms with Crippen LogP contribution in [0.3, 0.4) is 0 Å². The number of thiazole rings is 1. The second-order valence-corrected chi connectivity index (χ2v) is 5.66. The standard InChI is InChI=1S/C13H22N2OS/c1-11-13(17-10-15-11)5-8-16-7-4-12-3-2-6-14-9-12/h10,12,14H,2-9H2,1H3. The molecule has 0 aromatic carbocycles. The number of hydrogen-bond donors (Lipinski definition) is 1. The van der Waals surface area contributed by atoms with Gasteiger partial charge in [0.25, 0.3) is 0 Å². The lowest BCUT2D eigenvalue weighted by Crippen LogP contribution is -2.30. The van der Waals surface area contributed by atoms with E-state index in [0.29, 0.717) is 0 Å². The van der Waals surface area contributed by atoms with Crippen molar-refractivity contribution in [2.75, 3.05) is 26.3 Å². The van der Waals surface area contributed by atoms with Gasteiger partial charge in [-0.25, -0.2) is 4.98 Å². The Balaban J connectivity index is 1.53. The molecule has 1 aromatic rings. The summed E-state index contributed by atoms with van der Waals surface area (Å²) in [6.45, 7) is 6.19. The van der Waals surface area contributed by atoms with Crippen molar-refractivity contribution in [3.8, 4) is 0 Å². The highest BCUT2D eigenvalue weighted by molar-refractivity contribution is 7.09. The molecule has 4 heteroatoms. The fraction of sp³-hybridized carbons (Fsp3) is 0.769. The van der Waals surface area contributed by atoms with Gasteiger partial charge in [0.1, 0.15) is 0 Å². The van der Waals surface area contributed by atoms with Crippen molar-refractivity contribution in [3.05, 3.63) is 16.1 Å². The molecule has 3 nitrogen and oxygen atoms in total. The van der Waals surface area contributed by atoms with E-state index in [1.165, 1.54) is 37.2 Å². The topological polar surface area (TPSA) is 34.1 Å². The lowest BCUT2D eigenvalue weighted by molar-refractivity contribution is 0.118. The number of aryl methyl sites for hydroxylation is 1. The molecule has 1 aliphatic heterocycles. The minimum Gasteiger partial charge on any atom is -0.381 e. The van der Waals surface area contributed by atoms with Crippen LogP contribution in [0.5, 0.6) is 0 Å². The van der Waals surface area contributed by atoms with E-state index in [0.717, 1.165) is 31.2 Å². The normalized spacial score (nSPS) is 20.6. The first-order valence-corrected chi connectivity index (χ1v) is 7.41. The van der Waals surface area contributed by atoms with Crippen LogP contribution in [-0.2, 0) is 11.2 Å². The molecule has 0 spiro atoms. The third-order valence-electron chi connectivity index (χ3n) is 3.39. The van der Waals surface area contributed by atoms with Crippen molar-refractivity contribution >= 4 is 11.3 Å². The van der Waals surface area contributed by atoms with Crippen LogP contribution >= 0.6 is 11.3 Å². The molecule has 1 unspecified atom stereocenters. The number of aromatic nitrogens is 1. The number of nitrogens with zero attached hydrogens (tertiary/aromatic N) is 1. The van der Waals surface area contributed by atoms with Gasteiger partial charge >= 0.3 is 0 Å². The molecule has 1 saturated heterocycles. The van der Waals surface area contributed by atoms with E-state index in [9.17, 15) is 0 Å². The van der Waals surface area contributed by atoms with E-state index in [1.54, 1.807) is 11.3 Å². The Morgan fingerprint density at radius 3 is 3.18 bits per heavy atom. The molecular formula is C13H22N2OS. The number of nitrogens with one attached hydrogen (secondary N) is 1. The highest BCUT2D eigenvalue weighted by Crippen LogP contribution is 2.15. The Morgan fingerprint density at radius 2 is 2.47 bits per heavy atom. The molecule has 0 amide bonds. The summed E-state index contributed by atoms with van der Waals surface area (Å²) >= 11 is 1.73. The predicted octanol–water partition coefficient (Wildman–Crippen LogP) is 2.40. The van der Waals surface area contributed by atoms with Crippen LogP contribution in [0.1, 0.15) is 29.8 Å². The molecular weight excluding hydrogens is 232 g/mol. The van der Waals surface area contributed by atoms with E-state index in [1.807, 2.05) is 5.51 Å². The average Bonchev–Trinajstić information content (AvgIpc) is 2.76. The zero-order valence-electron chi connectivity index (χ0n) is 10.6. The molecule has 1 N–H and O–H groups in total. The van der Waals surface area contributed by atoms with Crippen LogP contribution < -0.4 is 5.32 Å². The van der Waals surface area contributed by atoms with Gasteiger partial charge in [-0.15, -0.1) is 11.3 Å². The van der Waals surface area contributed by atoms with Gasteiger partial charge in [0.2, 0.25) is 0 Å². The van der Waals surface area contributed by atoms with Gasteiger partial charge in [-0.3, -0.25) is 0 Å². The number of piperidine rings is 1. The van der Waals surface area contributed by atoms with Crippen LogP contribution in [0, 0.1) is 12.8 Å². The molecule has 2 heterocycles. The molecule has 0 radical (unpaired) electrons. The molecule has 0 saturated carbocycles. The maximum Gasteiger partial charge on any atom is 0.0797 e. The van der Waals surface area contributed by atoms with Crippen molar-refractivity contribution in [2.45, 2.75) is 32.6 Å².